The van der Waals surface area contributed by atoms with Gasteiger partial charge in [-0.15, -0.1) is 5.06 Å². The summed E-state index contributed by atoms with van der Waals surface area (Å²) in [4.78, 5) is 14.2. The predicted molar refractivity (Wildman–Crippen MR) is 30.1 cm³/mol. The number of rotatable bonds is 4. The predicted octanol–water partition coefficient (Wildman–Crippen LogP) is 0.414. The molecule has 0 aliphatic heterocycles. The smallest absolute Gasteiger partial charge is 0.312 e. The van der Waals surface area contributed by atoms with E-state index >= 15 is 0 Å². The van der Waals surface area contributed by atoms with Gasteiger partial charge in [-0.1, -0.05) is 0 Å². The summed E-state index contributed by atoms with van der Waals surface area (Å²) in [7, 11) is 0. The molecular weight excluding hydrogens is 165 g/mol. The van der Waals surface area contributed by atoms with E-state index in [0.29, 0.717) is 6.47 Å². The van der Waals surface area contributed by atoms with E-state index in [4.69, 9.17) is 0 Å². The van der Waals surface area contributed by atoms with E-state index in [1.807, 2.05) is 13.8 Å². The monoisotopic (exact) mass is 175 g/mol. The van der Waals surface area contributed by atoms with Crippen LogP contribution < -0.4 is 0 Å². The Morgan fingerprint density at radius 3 is 2.00 bits per heavy atom. The summed E-state index contributed by atoms with van der Waals surface area (Å²) in [5.74, 6) is 0. The van der Waals surface area contributed by atoms with Gasteiger partial charge >= 0.3 is 6.47 Å². The molecule has 0 aromatic heterocycles. The molecule has 9 heavy (non-hydrogen) atoms. The van der Waals surface area contributed by atoms with Gasteiger partial charge in [0.15, 0.2) is 0 Å². The number of hydrogen-bond acceptors (Lipinski definition) is 3. The molecule has 0 aromatic rings. The quantitative estimate of drug-likeness (QED) is 0.353. The second kappa shape index (κ2) is 7.92. The van der Waals surface area contributed by atoms with Crippen molar-refractivity contribution in [1.29, 1.82) is 0 Å². The van der Waals surface area contributed by atoms with E-state index in [9.17, 15) is 4.79 Å². The fraction of sp³-hybridized carbons (Fsp3) is 0.800. The molecule has 3 nitrogen and oxygen atoms in total. The first-order chi connectivity index (χ1) is 3.85. The molecule has 0 unspecified atom stereocenters. The molecule has 0 rings (SSSR count). The zero-order valence-corrected chi connectivity index (χ0v) is 6.56. The van der Waals surface area contributed by atoms with Gasteiger partial charge in [0.05, 0.1) is 0 Å². The number of carbonyl (C=O) groups excluding carboxylic acids is 1. The van der Waals surface area contributed by atoms with Crippen LogP contribution >= 0.6 is 0 Å². The molecule has 0 amide bonds. The molecule has 0 bridgehead atoms. The maximum Gasteiger partial charge on any atom is 0.312 e. The molecular formula is C5H11NNiO2. The Morgan fingerprint density at radius 1 is 1.44 bits per heavy atom. The SMILES string of the molecule is CCN(CC)OC=O.[Ni]. The van der Waals surface area contributed by atoms with Gasteiger partial charge in [0.25, 0.3) is 0 Å². The minimum Gasteiger partial charge on any atom is -0.371 e. The average Bonchev–Trinajstić information content (AvgIpc) is 1.83. The van der Waals surface area contributed by atoms with Crippen molar-refractivity contribution >= 4 is 6.47 Å². The summed E-state index contributed by atoms with van der Waals surface area (Å²) in [6, 6.07) is 0. The number of carbonyl (C=O) groups is 1. The van der Waals surface area contributed by atoms with Crippen LogP contribution in [0.1, 0.15) is 13.8 Å². The van der Waals surface area contributed by atoms with E-state index in [1.165, 1.54) is 0 Å². The van der Waals surface area contributed by atoms with Gasteiger partial charge in [-0.2, -0.15) is 0 Å². The van der Waals surface area contributed by atoms with E-state index < -0.39 is 0 Å². The van der Waals surface area contributed by atoms with Crippen molar-refractivity contribution in [2.24, 2.45) is 0 Å². The first-order valence-electron chi connectivity index (χ1n) is 2.70. The standard InChI is InChI=1S/C5H11NO2.Ni/c1-3-6(4-2)8-5-7;/h5H,3-4H2,1-2H3;. The van der Waals surface area contributed by atoms with Crippen LogP contribution in [0.2, 0.25) is 0 Å². The maximum absolute atomic E-state index is 9.67. The van der Waals surface area contributed by atoms with Crippen molar-refractivity contribution in [3.05, 3.63) is 0 Å². The largest absolute Gasteiger partial charge is 0.371 e. The Morgan fingerprint density at radius 2 is 1.89 bits per heavy atom. The Hall–Kier alpha value is -0.0765. The van der Waals surface area contributed by atoms with E-state index in [2.05, 4.69) is 4.84 Å². The molecule has 0 N–H and O–H groups in total. The van der Waals surface area contributed by atoms with E-state index in [1.54, 1.807) is 5.06 Å². The van der Waals surface area contributed by atoms with Gasteiger partial charge in [-0.25, -0.2) is 0 Å². The van der Waals surface area contributed by atoms with Crippen molar-refractivity contribution in [1.82, 2.24) is 5.06 Å². The van der Waals surface area contributed by atoms with Crippen LogP contribution in [-0.2, 0) is 26.1 Å². The van der Waals surface area contributed by atoms with Gasteiger partial charge in [0, 0.05) is 29.6 Å². The third-order valence-electron chi connectivity index (χ3n) is 0.898. The van der Waals surface area contributed by atoms with Crippen LogP contribution in [-0.4, -0.2) is 24.6 Å². The summed E-state index contributed by atoms with van der Waals surface area (Å²) < 4.78 is 0. The maximum atomic E-state index is 9.67. The average molecular weight is 176 g/mol. The molecule has 0 saturated heterocycles. The first kappa shape index (κ1) is 11.7. The van der Waals surface area contributed by atoms with Crippen LogP contribution in [0.15, 0.2) is 0 Å². The van der Waals surface area contributed by atoms with E-state index in [-0.39, 0.29) is 16.5 Å². The molecule has 0 heterocycles. The molecule has 0 aliphatic carbocycles. The Bertz CT molecular complexity index is 66.0. The molecule has 0 aliphatic rings. The Labute approximate surface area is 65.2 Å². The van der Waals surface area contributed by atoms with Gasteiger partial charge in [0.2, 0.25) is 0 Å². The second-order valence-electron chi connectivity index (χ2n) is 1.32. The first-order valence-corrected chi connectivity index (χ1v) is 2.70. The van der Waals surface area contributed by atoms with Crippen molar-refractivity contribution < 1.29 is 26.1 Å². The topological polar surface area (TPSA) is 29.5 Å². The normalized spacial score (nSPS) is 8.33. The van der Waals surface area contributed by atoms with Crippen LogP contribution in [0, 0.1) is 0 Å². The van der Waals surface area contributed by atoms with Crippen molar-refractivity contribution in [2.75, 3.05) is 13.1 Å². The van der Waals surface area contributed by atoms with Crippen molar-refractivity contribution in [3.63, 3.8) is 0 Å². The van der Waals surface area contributed by atoms with Crippen LogP contribution in [0.5, 0.6) is 0 Å². The molecule has 0 atom stereocenters. The van der Waals surface area contributed by atoms with Crippen LogP contribution in [0.3, 0.4) is 0 Å². The van der Waals surface area contributed by atoms with Gasteiger partial charge < -0.3 is 4.84 Å². The van der Waals surface area contributed by atoms with Gasteiger partial charge in [-0.3, -0.25) is 4.79 Å². The van der Waals surface area contributed by atoms with Crippen LogP contribution in [0.25, 0.3) is 0 Å². The van der Waals surface area contributed by atoms with Crippen molar-refractivity contribution in [3.8, 4) is 0 Å². The zero-order chi connectivity index (χ0) is 6.41. The fourth-order valence-corrected chi connectivity index (χ4v) is 0.434. The second-order valence-corrected chi connectivity index (χ2v) is 1.32. The van der Waals surface area contributed by atoms with Crippen LogP contribution in [0.4, 0.5) is 0 Å². The molecule has 58 valence electrons. The summed E-state index contributed by atoms with van der Waals surface area (Å²) in [5.41, 5.74) is 0. The Kier molecular flexibility index (Phi) is 10.3. The Balaban J connectivity index is 0. The summed E-state index contributed by atoms with van der Waals surface area (Å²) in [6.07, 6.45) is 0. The number of hydrogen-bond donors (Lipinski definition) is 0. The molecule has 0 fully saturated rings. The van der Waals surface area contributed by atoms with E-state index in [0.717, 1.165) is 13.1 Å². The number of hydroxylamine groups is 2. The van der Waals surface area contributed by atoms with Crippen molar-refractivity contribution in [2.45, 2.75) is 13.8 Å². The number of nitrogens with zero attached hydrogens (tertiary/aromatic N) is 1. The molecule has 0 saturated carbocycles. The van der Waals surface area contributed by atoms with Gasteiger partial charge in [0.1, 0.15) is 0 Å². The zero-order valence-electron chi connectivity index (χ0n) is 5.57. The van der Waals surface area contributed by atoms with Gasteiger partial charge in [-0.05, 0) is 13.8 Å². The third-order valence-corrected chi connectivity index (χ3v) is 0.898. The minimum absolute atomic E-state index is 0. The molecule has 0 spiro atoms. The third kappa shape index (κ3) is 5.80. The summed E-state index contributed by atoms with van der Waals surface area (Å²) >= 11 is 0. The molecule has 0 radical (unpaired) electrons. The molecule has 4 heteroatoms. The summed E-state index contributed by atoms with van der Waals surface area (Å²) in [5, 5.41) is 1.56. The molecule has 0 aromatic carbocycles. The summed E-state index contributed by atoms with van der Waals surface area (Å²) in [6.45, 7) is 5.78. The minimum atomic E-state index is 0. The fourth-order valence-electron chi connectivity index (χ4n) is 0.434.